The fourth-order valence-electron chi connectivity index (χ4n) is 3.63. The van der Waals surface area contributed by atoms with E-state index in [1.807, 2.05) is 18.2 Å². The summed E-state index contributed by atoms with van der Waals surface area (Å²) in [5, 5.41) is 11.3. The summed E-state index contributed by atoms with van der Waals surface area (Å²) >= 11 is 0. The highest BCUT2D eigenvalue weighted by atomic mass is 16.5. The molecule has 3 rings (SSSR count). The predicted molar refractivity (Wildman–Crippen MR) is 107 cm³/mol. The minimum absolute atomic E-state index is 0.0399. The Balaban J connectivity index is 2.39. The van der Waals surface area contributed by atoms with Crippen molar-refractivity contribution in [2.24, 2.45) is 5.73 Å². The van der Waals surface area contributed by atoms with Gasteiger partial charge in [0, 0.05) is 10.8 Å². The van der Waals surface area contributed by atoms with Crippen molar-refractivity contribution in [3.05, 3.63) is 58.7 Å². The number of esters is 1. The van der Waals surface area contributed by atoms with Gasteiger partial charge in [0.25, 0.3) is 0 Å². The molecule has 150 valence electrons. The second kappa shape index (κ2) is 8.15. The van der Waals surface area contributed by atoms with Crippen LogP contribution < -0.4 is 15.2 Å². The van der Waals surface area contributed by atoms with Crippen molar-refractivity contribution >= 4 is 16.7 Å². The Hall–Kier alpha value is -3.66. The minimum Gasteiger partial charge on any atom is -0.496 e. The number of hydrogen-bond acceptors (Lipinski definition) is 7. The van der Waals surface area contributed by atoms with Crippen molar-refractivity contribution < 1.29 is 23.7 Å². The van der Waals surface area contributed by atoms with Gasteiger partial charge in [-0.15, -0.1) is 0 Å². The van der Waals surface area contributed by atoms with Crippen LogP contribution in [-0.2, 0) is 14.3 Å². The van der Waals surface area contributed by atoms with Crippen molar-refractivity contribution in [3.63, 3.8) is 0 Å². The molecule has 0 aromatic heterocycles. The smallest absolute Gasteiger partial charge is 0.338 e. The van der Waals surface area contributed by atoms with Crippen LogP contribution >= 0.6 is 0 Å². The van der Waals surface area contributed by atoms with Crippen molar-refractivity contribution in [1.29, 1.82) is 5.26 Å². The lowest BCUT2D eigenvalue weighted by Gasteiger charge is -2.28. The first kappa shape index (κ1) is 20.1. The van der Waals surface area contributed by atoms with E-state index in [1.54, 1.807) is 40.2 Å². The highest BCUT2D eigenvalue weighted by molar-refractivity contribution is 6.00. The van der Waals surface area contributed by atoms with Gasteiger partial charge in [0.2, 0.25) is 5.88 Å². The maximum absolute atomic E-state index is 12.8. The van der Waals surface area contributed by atoms with Crippen LogP contribution in [0.1, 0.15) is 25.3 Å². The molecule has 7 heteroatoms. The number of nitrogens with zero attached hydrogens (tertiary/aromatic N) is 1. The van der Waals surface area contributed by atoms with Crippen molar-refractivity contribution in [1.82, 2.24) is 0 Å². The molecule has 0 saturated carbocycles. The topological polar surface area (TPSA) is 104 Å². The first-order chi connectivity index (χ1) is 14.0. The van der Waals surface area contributed by atoms with Gasteiger partial charge >= 0.3 is 5.97 Å². The summed E-state index contributed by atoms with van der Waals surface area (Å²) in [6.45, 7) is 3.53. The van der Waals surface area contributed by atoms with Crippen LogP contribution in [0.2, 0.25) is 0 Å². The van der Waals surface area contributed by atoms with E-state index in [-0.39, 0.29) is 23.6 Å². The molecule has 1 aliphatic rings. The van der Waals surface area contributed by atoms with Crippen LogP contribution in [0.15, 0.2) is 53.1 Å². The molecule has 7 nitrogen and oxygen atoms in total. The van der Waals surface area contributed by atoms with Crippen molar-refractivity contribution in [2.75, 3.05) is 20.8 Å². The molecule has 2 N–H and O–H groups in total. The number of hydrogen-bond donors (Lipinski definition) is 1. The zero-order chi connectivity index (χ0) is 21.1. The molecule has 0 aliphatic carbocycles. The Morgan fingerprint density at radius 2 is 1.93 bits per heavy atom. The van der Waals surface area contributed by atoms with E-state index in [9.17, 15) is 10.1 Å². The van der Waals surface area contributed by atoms with E-state index in [4.69, 9.17) is 24.7 Å². The van der Waals surface area contributed by atoms with Crippen LogP contribution in [-0.4, -0.2) is 26.8 Å². The summed E-state index contributed by atoms with van der Waals surface area (Å²) in [6.07, 6.45) is 0. The number of nitriles is 1. The molecule has 0 bridgehead atoms. The summed E-state index contributed by atoms with van der Waals surface area (Å²) in [5.41, 5.74) is 7.04. The molecular formula is C22H22N2O5. The summed E-state index contributed by atoms with van der Waals surface area (Å²) in [7, 11) is 3.14. The number of carbonyl (C=O) groups excluding carboxylic acids is 1. The summed E-state index contributed by atoms with van der Waals surface area (Å²) in [6, 6.07) is 11.2. The molecular weight excluding hydrogens is 372 g/mol. The standard InChI is InChI=1S/C22H22N2O5/c1-5-28-22(25)18-12(2)29-21(24)15(11-23)20(18)14-9-10-16(26-3)13-7-6-8-17(27-4)19(13)14/h6-10,20H,5,24H2,1-4H3. The molecule has 0 spiro atoms. The van der Waals surface area contributed by atoms with Gasteiger partial charge in [-0.3, -0.25) is 0 Å². The number of benzene rings is 2. The fraction of sp³-hybridized carbons (Fsp3) is 0.273. The van der Waals surface area contributed by atoms with Gasteiger partial charge in [-0.1, -0.05) is 18.2 Å². The van der Waals surface area contributed by atoms with Gasteiger partial charge in [0.15, 0.2) is 0 Å². The molecule has 29 heavy (non-hydrogen) atoms. The van der Waals surface area contributed by atoms with Crippen LogP contribution in [0.5, 0.6) is 11.5 Å². The molecule has 2 aromatic carbocycles. The summed E-state index contributed by atoms with van der Waals surface area (Å²) in [4.78, 5) is 12.8. The van der Waals surface area contributed by atoms with E-state index in [1.165, 1.54) is 0 Å². The van der Waals surface area contributed by atoms with Gasteiger partial charge < -0.3 is 24.7 Å². The number of fused-ring (bicyclic) bond motifs is 1. The Morgan fingerprint density at radius 3 is 2.55 bits per heavy atom. The summed E-state index contributed by atoms with van der Waals surface area (Å²) in [5.74, 6) is 0.153. The van der Waals surface area contributed by atoms with E-state index >= 15 is 0 Å². The number of rotatable bonds is 5. The lowest BCUT2D eigenvalue weighted by atomic mass is 9.80. The number of nitrogens with two attached hydrogens (primary N) is 1. The summed E-state index contributed by atoms with van der Waals surface area (Å²) < 4.78 is 21.8. The second-order valence-electron chi connectivity index (χ2n) is 6.36. The molecule has 1 heterocycles. The fourth-order valence-corrected chi connectivity index (χ4v) is 3.63. The first-order valence-corrected chi connectivity index (χ1v) is 9.07. The zero-order valence-electron chi connectivity index (χ0n) is 16.7. The largest absolute Gasteiger partial charge is 0.496 e. The number of ether oxygens (including phenoxy) is 4. The van der Waals surface area contributed by atoms with Crippen LogP contribution in [0.25, 0.3) is 10.8 Å². The Morgan fingerprint density at radius 1 is 1.21 bits per heavy atom. The van der Waals surface area contributed by atoms with Crippen LogP contribution in [0.3, 0.4) is 0 Å². The van der Waals surface area contributed by atoms with Crippen LogP contribution in [0.4, 0.5) is 0 Å². The van der Waals surface area contributed by atoms with Gasteiger partial charge in [0.05, 0.1) is 32.3 Å². The third-order valence-corrected chi connectivity index (χ3v) is 4.85. The normalized spacial score (nSPS) is 16.3. The molecule has 1 atom stereocenters. The molecule has 0 saturated heterocycles. The SMILES string of the molecule is CCOC(=O)C1=C(C)OC(N)=C(C#N)C1c1ccc(OC)c2cccc(OC)c12. The van der Waals surface area contributed by atoms with E-state index in [0.717, 1.165) is 10.8 Å². The Labute approximate surface area is 168 Å². The molecule has 0 radical (unpaired) electrons. The quantitative estimate of drug-likeness (QED) is 0.774. The number of allylic oxidation sites excluding steroid dienone is 2. The van der Waals surface area contributed by atoms with Gasteiger partial charge in [0.1, 0.15) is 28.9 Å². The molecule has 2 aromatic rings. The van der Waals surface area contributed by atoms with Crippen molar-refractivity contribution in [3.8, 4) is 17.6 Å². The third-order valence-electron chi connectivity index (χ3n) is 4.85. The highest BCUT2D eigenvalue weighted by Crippen LogP contribution is 2.45. The Bertz CT molecular complexity index is 1080. The average molecular weight is 394 g/mol. The molecule has 0 fully saturated rings. The van der Waals surface area contributed by atoms with Gasteiger partial charge in [-0.25, -0.2) is 4.79 Å². The predicted octanol–water partition coefficient (Wildman–Crippen LogP) is 3.50. The second-order valence-corrected chi connectivity index (χ2v) is 6.36. The molecule has 0 amide bonds. The molecule has 1 aliphatic heterocycles. The lowest BCUT2D eigenvalue weighted by molar-refractivity contribution is -0.139. The maximum atomic E-state index is 12.8. The third kappa shape index (κ3) is 3.34. The maximum Gasteiger partial charge on any atom is 0.338 e. The van der Waals surface area contributed by atoms with Gasteiger partial charge in [-0.05, 0) is 31.5 Å². The van der Waals surface area contributed by atoms with Gasteiger partial charge in [-0.2, -0.15) is 5.26 Å². The zero-order valence-corrected chi connectivity index (χ0v) is 16.7. The Kier molecular flexibility index (Phi) is 5.64. The number of methoxy groups -OCH3 is 2. The van der Waals surface area contributed by atoms with E-state index in [2.05, 4.69) is 6.07 Å². The molecule has 1 unspecified atom stereocenters. The monoisotopic (exact) mass is 394 g/mol. The average Bonchev–Trinajstić information content (AvgIpc) is 2.72. The minimum atomic E-state index is -0.766. The van der Waals surface area contributed by atoms with Crippen molar-refractivity contribution in [2.45, 2.75) is 19.8 Å². The number of carbonyl (C=O) groups is 1. The lowest BCUT2D eigenvalue weighted by Crippen LogP contribution is -2.25. The van der Waals surface area contributed by atoms with E-state index in [0.29, 0.717) is 22.8 Å². The first-order valence-electron chi connectivity index (χ1n) is 9.07. The van der Waals surface area contributed by atoms with E-state index < -0.39 is 11.9 Å². The highest BCUT2D eigenvalue weighted by Gasteiger charge is 2.37. The van der Waals surface area contributed by atoms with Crippen LogP contribution in [0, 0.1) is 11.3 Å².